The van der Waals surface area contributed by atoms with E-state index in [1.807, 2.05) is 48.5 Å². The van der Waals surface area contributed by atoms with Crippen LogP contribution < -0.4 is 19.6 Å². The molecular weight excluding hydrogens is 350 g/mol. The van der Waals surface area contributed by atoms with E-state index in [9.17, 15) is 4.79 Å². The van der Waals surface area contributed by atoms with Crippen LogP contribution >= 0.6 is 11.3 Å². The predicted molar refractivity (Wildman–Crippen MR) is 99.7 cm³/mol. The summed E-state index contributed by atoms with van der Waals surface area (Å²) in [5, 5.41) is 3.92. The Morgan fingerprint density at radius 1 is 1.15 bits per heavy atom. The van der Waals surface area contributed by atoms with Crippen molar-refractivity contribution in [2.75, 3.05) is 7.11 Å². The van der Waals surface area contributed by atoms with Crippen molar-refractivity contribution < 1.29 is 9.47 Å². The van der Waals surface area contributed by atoms with Gasteiger partial charge in [-0.15, -0.1) is 0 Å². The minimum atomic E-state index is -0.175. The van der Waals surface area contributed by atoms with Crippen molar-refractivity contribution in [2.24, 2.45) is 0 Å². The van der Waals surface area contributed by atoms with Crippen LogP contribution in [0.2, 0.25) is 0 Å². The highest BCUT2D eigenvalue weighted by molar-refractivity contribution is 7.15. The summed E-state index contributed by atoms with van der Waals surface area (Å²) in [6.07, 6.45) is 3.17. The number of rotatable bonds is 5. The highest BCUT2D eigenvalue weighted by Gasteiger charge is 2.08. The number of thiazole rings is 1. The lowest BCUT2D eigenvalue weighted by atomic mass is 10.2. The Hall–Kier alpha value is -3.19. The van der Waals surface area contributed by atoms with E-state index in [1.54, 1.807) is 13.2 Å². The van der Waals surface area contributed by atoms with Crippen LogP contribution in [0.1, 0.15) is 11.1 Å². The molecule has 0 saturated heterocycles. The fraction of sp³-hybridized carbons (Fsp3) is 0.105. The van der Waals surface area contributed by atoms with Gasteiger partial charge in [-0.05, 0) is 29.3 Å². The highest BCUT2D eigenvalue weighted by Crippen LogP contribution is 2.29. The average Bonchev–Trinajstić information content (AvgIpc) is 3.25. The van der Waals surface area contributed by atoms with Gasteiger partial charge >= 0.3 is 0 Å². The lowest BCUT2D eigenvalue weighted by molar-refractivity contribution is 0.284. The van der Waals surface area contributed by atoms with Gasteiger partial charge in [-0.3, -0.25) is 4.79 Å². The number of methoxy groups -OCH3 is 1. The molecule has 0 saturated carbocycles. The molecule has 0 amide bonds. The van der Waals surface area contributed by atoms with E-state index >= 15 is 0 Å². The van der Waals surface area contributed by atoms with Crippen molar-refractivity contribution in [3.63, 3.8) is 0 Å². The van der Waals surface area contributed by atoms with E-state index in [1.165, 1.54) is 22.2 Å². The van der Waals surface area contributed by atoms with E-state index in [0.717, 1.165) is 11.1 Å². The molecule has 2 aromatic heterocycles. The molecule has 7 heteroatoms. The van der Waals surface area contributed by atoms with Gasteiger partial charge in [0.15, 0.2) is 11.5 Å². The molecule has 0 N–H and O–H groups in total. The first-order valence-corrected chi connectivity index (χ1v) is 8.75. The van der Waals surface area contributed by atoms with E-state index in [0.29, 0.717) is 27.6 Å². The molecule has 0 aliphatic rings. The Kier molecular flexibility index (Phi) is 4.37. The van der Waals surface area contributed by atoms with Crippen LogP contribution in [0, 0.1) is 0 Å². The lowest BCUT2D eigenvalue weighted by Gasteiger charge is -2.11. The SMILES string of the molecule is COc1cc(/C=c2\sc3ncnn3c2=O)ccc1OCc1ccccc1. The van der Waals surface area contributed by atoms with Crippen LogP contribution in [0.15, 0.2) is 59.7 Å². The molecule has 4 rings (SSSR count). The predicted octanol–water partition coefficient (Wildman–Crippen LogP) is 2.29. The maximum absolute atomic E-state index is 12.3. The Bertz CT molecular complexity index is 1150. The normalized spacial score (nSPS) is 11.8. The van der Waals surface area contributed by atoms with Gasteiger partial charge in [0.1, 0.15) is 12.9 Å². The van der Waals surface area contributed by atoms with Gasteiger partial charge in [-0.25, -0.2) is 4.98 Å². The van der Waals surface area contributed by atoms with E-state index < -0.39 is 0 Å². The van der Waals surface area contributed by atoms with Gasteiger partial charge in [-0.1, -0.05) is 47.7 Å². The summed E-state index contributed by atoms with van der Waals surface area (Å²) < 4.78 is 13.2. The first kappa shape index (κ1) is 16.3. The molecule has 2 aromatic carbocycles. The number of hydrogen-bond donors (Lipinski definition) is 0. The molecule has 6 nitrogen and oxygen atoms in total. The molecule has 26 heavy (non-hydrogen) atoms. The monoisotopic (exact) mass is 365 g/mol. The second-order valence-corrected chi connectivity index (χ2v) is 6.56. The minimum Gasteiger partial charge on any atom is -0.493 e. The summed E-state index contributed by atoms with van der Waals surface area (Å²) in [7, 11) is 1.59. The van der Waals surface area contributed by atoms with Crippen LogP contribution in [-0.4, -0.2) is 21.7 Å². The summed E-state index contributed by atoms with van der Waals surface area (Å²) in [4.78, 5) is 16.9. The maximum Gasteiger partial charge on any atom is 0.291 e. The molecule has 0 fully saturated rings. The number of hydrogen-bond acceptors (Lipinski definition) is 6. The van der Waals surface area contributed by atoms with Crippen molar-refractivity contribution in [1.29, 1.82) is 0 Å². The fourth-order valence-electron chi connectivity index (χ4n) is 2.56. The van der Waals surface area contributed by atoms with Gasteiger partial charge in [-0.2, -0.15) is 9.61 Å². The van der Waals surface area contributed by atoms with Crippen LogP contribution in [-0.2, 0) is 6.61 Å². The molecule has 0 aliphatic heterocycles. The molecular formula is C19H15N3O3S. The topological polar surface area (TPSA) is 65.7 Å². The average molecular weight is 365 g/mol. The van der Waals surface area contributed by atoms with Gasteiger partial charge in [0, 0.05) is 0 Å². The third kappa shape index (κ3) is 3.16. The molecule has 0 unspecified atom stereocenters. The number of ether oxygens (including phenoxy) is 2. The number of fused-ring (bicyclic) bond motifs is 1. The van der Waals surface area contributed by atoms with Crippen molar-refractivity contribution in [1.82, 2.24) is 14.6 Å². The zero-order chi connectivity index (χ0) is 17.9. The highest BCUT2D eigenvalue weighted by atomic mass is 32.1. The maximum atomic E-state index is 12.3. The summed E-state index contributed by atoms with van der Waals surface area (Å²) in [5.74, 6) is 1.26. The van der Waals surface area contributed by atoms with Crippen LogP contribution in [0.25, 0.3) is 11.0 Å². The second-order valence-electron chi connectivity index (χ2n) is 5.55. The minimum absolute atomic E-state index is 0.175. The standard InChI is InChI=1S/C19H15N3O3S/c1-24-16-9-14(10-17-18(23)22-19(26-17)20-12-21-22)7-8-15(16)25-11-13-5-3-2-4-6-13/h2-10,12H,11H2,1H3/b17-10-. The quantitative estimate of drug-likeness (QED) is 0.543. The molecule has 0 radical (unpaired) electrons. The molecule has 0 spiro atoms. The second kappa shape index (κ2) is 6.97. The van der Waals surface area contributed by atoms with Crippen molar-refractivity contribution in [3.05, 3.63) is 80.9 Å². The van der Waals surface area contributed by atoms with E-state index in [-0.39, 0.29) is 5.56 Å². The first-order chi connectivity index (χ1) is 12.7. The molecule has 0 atom stereocenters. The summed E-state index contributed by atoms with van der Waals surface area (Å²) in [6, 6.07) is 15.5. The Balaban J connectivity index is 1.62. The largest absolute Gasteiger partial charge is 0.493 e. The summed E-state index contributed by atoms with van der Waals surface area (Å²) >= 11 is 1.30. The molecule has 2 heterocycles. The van der Waals surface area contributed by atoms with Gasteiger partial charge in [0.2, 0.25) is 4.96 Å². The first-order valence-electron chi connectivity index (χ1n) is 7.93. The fourth-order valence-corrected chi connectivity index (χ4v) is 3.44. The Morgan fingerprint density at radius 3 is 2.77 bits per heavy atom. The molecule has 0 bridgehead atoms. The van der Waals surface area contributed by atoms with E-state index in [2.05, 4.69) is 10.1 Å². The third-order valence-electron chi connectivity index (χ3n) is 3.84. The van der Waals surface area contributed by atoms with Crippen LogP contribution in [0.3, 0.4) is 0 Å². The summed E-state index contributed by atoms with van der Waals surface area (Å²) in [6.45, 7) is 0.457. The number of benzene rings is 2. The van der Waals surface area contributed by atoms with Gasteiger partial charge in [0.05, 0.1) is 11.6 Å². The summed E-state index contributed by atoms with van der Waals surface area (Å²) in [5.41, 5.74) is 1.75. The smallest absolute Gasteiger partial charge is 0.291 e. The lowest BCUT2D eigenvalue weighted by Crippen LogP contribution is -2.23. The van der Waals surface area contributed by atoms with Crippen molar-refractivity contribution >= 4 is 22.4 Å². The zero-order valence-electron chi connectivity index (χ0n) is 14.0. The van der Waals surface area contributed by atoms with Crippen LogP contribution in [0.4, 0.5) is 0 Å². The third-order valence-corrected chi connectivity index (χ3v) is 4.82. The Labute approximate surface area is 153 Å². The Morgan fingerprint density at radius 2 is 2.00 bits per heavy atom. The van der Waals surface area contributed by atoms with Gasteiger partial charge < -0.3 is 9.47 Å². The zero-order valence-corrected chi connectivity index (χ0v) is 14.8. The molecule has 0 aliphatic carbocycles. The van der Waals surface area contributed by atoms with Crippen LogP contribution in [0.5, 0.6) is 11.5 Å². The number of nitrogens with zero attached hydrogens (tertiary/aromatic N) is 3. The molecule has 130 valence electrons. The van der Waals surface area contributed by atoms with Crippen molar-refractivity contribution in [2.45, 2.75) is 6.61 Å². The number of aromatic nitrogens is 3. The molecule has 4 aromatic rings. The van der Waals surface area contributed by atoms with Crippen molar-refractivity contribution in [3.8, 4) is 11.5 Å². The van der Waals surface area contributed by atoms with E-state index in [4.69, 9.17) is 9.47 Å². The van der Waals surface area contributed by atoms with Gasteiger partial charge in [0.25, 0.3) is 5.56 Å².